The summed E-state index contributed by atoms with van der Waals surface area (Å²) in [5.74, 6) is 5.16. The maximum atomic E-state index is 3.28. The van der Waals surface area contributed by atoms with Gasteiger partial charge in [-0.15, -0.1) is 11.3 Å². The van der Waals surface area contributed by atoms with Crippen LogP contribution in [-0.2, 0) is 6.54 Å². The Morgan fingerprint density at radius 2 is 1.78 bits per heavy atom. The zero-order chi connectivity index (χ0) is 12.1. The van der Waals surface area contributed by atoms with Gasteiger partial charge in [0.25, 0.3) is 0 Å². The maximum absolute atomic E-state index is 3.28. The average molecular weight is 261 g/mol. The number of nitrogens with one attached hydrogen (secondary N) is 1. The summed E-state index contributed by atoms with van der Waals surface area (Å²) in [6.45, 7) is 1.04. The maximum Gasteiger partial charge on any atom is 0.0296 e. The number of hydrogen-bond acceptors (Lipinski definition) is 2. The van der Waals surface area contributed by atoms with Crippen LogP contribution in [0.4, 0.5) is 0 Å². The van der Waals surface area contributed by atoms with E-state index in [2.05, 4.69) is 16.8 Å². The largest absolute Gasteiger partial charge is 0.315 e. The van der Waals surface area contributed by atoms with Crippen LogP contribution in [0.15, 0.2) is 11.4 Å². The topological polar surface area (TPSA) is 12.0 Å². The quantitative estimate of drug-likeness (QED) is 0.867. The summed E-state index contributed by atoms with van der Waals surface area (Å²) >= 11 is 1.96. The first kappa shape index (κ1) is 11.5. The molecule has 0 aliphatic heterocycles. The fourth-order valence-electron chi connectivity index (χ4n) is 5.31. The Morgan fingerprint density at radius 1 is 1.11 bits per heavy atom. The fourth-order valence-corrected chi connectivity index (χ4v) is 6.25. The van der Waals surface area contributed by atoms with Gasteiger partial charge in [-0.25, -0.2) is 0 Å². The minimum atomic E-state index is 0.916. The van der Waals surface area contributed by atoms with E-state index in [0.29, 0.717) is 0 Å². The van der Waals surface area contributed by atoms with Gasteiger partial charge in [0.2, 0.25) is 0 Å². The highest BCUT2D eigenvalue weighted by Gasteiger charge is 2.48. The van der Waals surface area contributed by atoms with E-state index in [1.54, 1.807) is 12.0 Å². The lowest BCUT2D eigenvalue weighted by molar-refractivity contribution is -0.00265. The Morgan fingerprint density at radius 3 is 2.39 bits per heavy atom. The molecule has 0 radical (unpaired) electrons. The van der Waals surface area contributed by atoms with Crippen molar-refractivity contribution in [2.75, 3.05) is 7.05 Å². The van der Waals surface area contributed by atoms with Crippen LogP contribution in [0.1, 0.15) is 48.5 Å². The van der Waals surface area contributed by atoms with Crippen LogP contribution >= 0.6 is 11.3 Å². The molecule has 2 heteroatoms. The molecule has 1 N–H and O–H groups in total. The molecule has 0 aromatic carbocycles. The lowest BCUT2D eigenvalue weighted by atomic mass is 9.51. The molecule has 1 nitrogen and oxygen atoms in total. The molecular formula is C16H23NS. The van der Waals surface area contributed by atoms with Gasteiger partial charge in [-0.2, -0.15) is 0 Å². The Bertz CT molecular complexity index is 408. The summed E-state index contributed by atoms with van der Waals surface area (Å²) in [4.78, 5) is 1.52. The van der Waals surface area contributed by atoms with E-state index >= 15 is 0 Å². The summed E-state index contributed by atoms with van der Waals surface area (Å²) in [5, 5.41) is 5.73. The Balaban J connectivity index is 1.60. The van der Waals surface area contributed by atoms with Crippen LogP contribution in [0, 0.1) is 23.7 Å². The van der Waals surface area contributed by atoms with E-state index in [0.717, 1.165) is 36.1 Å². The minimum Gasteiger partial charge on any atom is -0.315 e. The first-order valence-corrected chi connectivity index (χ1v) is 8.43. The molecule has 0 spiro atoms. The molecule has 0 saturated heterocycles. The molecular weight excluding hydrogens is 238 g/mol. The number of rotatable bonds is 3. The summed E-state index contributed by atoms with van der Waals surface area (Å²) < 4.78 is 0. The van der Waals surface area contributed by atoms with E-state index in [4.69, 9.17) is 0 Å². The standard InChI is InChI=1S/C16H23NS/c1-17-8-15-7-14(9-18-15)16-12-3-10-2-11(5-12)6-13(16)4-10/h7,9-13,16-17H,2-6,8H2,1H3. The van der Waals surface area contributed by atoms with Gasteiger partial charge < -0.3 is 5.32 Å². The van der Waals surface area contributed by atoms with Gasteiger partial charge in [-0.3, -0.25) is 0 Å². The van der Waals surface area contributed by atoms with E-state index in [1.807, 2.05) is 18.4 Å². The zero-order valence-corrected chi connectivity index (χ0v) is 12.0. The van der Waals surface area contributed by atoms with E-state index in [-0.39, 0.29) is 0 Å². The molecule has 4 aliphatic carbocycles. The molecule has 4 saturated carbocycles. The summed E-state index contributed by atoms with van der Waals surface area (Å²) in [5.41, 5.74) is 1.68. The average Bonchev–Trinajstić information content (AvgIpc) is 2.76. The molecule has 1 aromatic rings. The molecule has 18 heavy (non-hydrogen) atoms. The van der Waals surface area contributed by atoms with Crippen molar-refractivity contribution in [3.8, 4) is 0 Å². The molecule has 4 fully saturated rings. The molecule has 0 amide bonds. The third-order valence-electron chi connectivity index (χ3n) is 5.64. The van der Waals surface area contributed by atoms with Crippen molar-refractivity contribution in [2.45, 2.75) is 44.6 Å². The van der Waals surface area contributed by atoms with Crippen molar-refractivity contribution < 1.29 is 0 Å². The van der Waals surface area contributed by atoms with Crippen LogP contribution in [-0.4, -0.2) is 7.05 Å². The van der Waals surface area contributed by atoms with E-state index in [9.17, 15) is 0 Å². The van der Waals surface area contributed by atoms with Gasteiger partial charge in [-0.05, 0) is 85.8 Å². The normalized spacial score (nSPS) is 41.5. The minimum absolute atomic E-state index is 0.916. The van der Waals surface area contributed by atoms with Gasteiger partial charge in [0.15, 0.2) is 0 Å². The molecule has 4 bridgehead atoms. The van der Waals surface area contributed by atoms with Crippen molar-refractivity contribution in [1.82, 2.24) is 5.32 Å². The lowest BCUT2D eigenvalue weighted by Crippen LogP contribution is -2.43. The van der Waals surface area contributed by atoms with Gasteiger partial charge in [0.1, 0.15) is 0 Å². The second-order valence-electron chi connectivity index (χ2n) is 6.83. The first-order chi connectivity index (χ1) is 8.83. The van der Waals surface area contributed by atoms with Crippen molar-refractivity contribution in [1.29, 1.82) is 0 Å². The zero-order valence-electron chi connectivity index (χ0n) is 11.2. The number of thiophene rings is 1. The second-order valence-corrected chi connectivity index (χ2v) is 7.83. The van der Waals surface area contributed by atoms with Gasteiger partial charge in [0, 0.05) is 11.4 Å². The van der Waals surface area contributed by atoms with Gasteiger partial charge in [-0.1, -0.05) is 0 Å². The Labute approximate surface area is 114 Å². The molecule has 5 rings (SSSR count). The highest BCUT2D eigenvalue weighted by atomic mass is 32.1. The third-order valence-corrected chi connectivity index (χ3v) is 6.59. The SMILES string of the molecule is CNCc1cc(C2C3CC4CC(C3)CC2C4)cs1. The fraction of sp³-hybridized carbons (Fsp3) is 0.750. The van der Waals surface area contributed by atoms with Crippen LogP contribution in [0.3, 0.4) is 0 Å². The van der Waals surface area contributed by atoms with Crippen LogP contribution in [0.25, 0.3) is 0 Å². The summed E-state index contributed by atoms with van der Waals surface area (Å²) in [6, 6.07) is 2.49. The molecule has 98 valence electrons. The van der Waals surface area contributed by atoms with Crippen molar-refractivity contribution in [3.63, 3.8) is 0 Å². The highest BCUT2D eigenvalue weighted by molar-refractivity contribution is 7.10. The molecule has 4 aliphatic rings. The van der Waals surface area contributed by atoms with Crippen molar-refractivity contribution in [2.24, 2.45) is 23.7 Å². The predicted molar refractivity (Wildman–Crippen MR) is 76.9 cm³/mol. The van der Waals surface area contributed by atoms with Crippen molar-refractivity contribution >= 4 is 11.3 Å². The lowest BCUT2D eigenvalue weighted by Gasteiger charge is -2.54. The molecule has 1 heterocycles. The smallest absolute Gasteiger partial charge is 0.0296 e. The monoisotopic (exact) mass is 261 g/mol. The number of hydrogen-bond donors (Lipinski definition) is 1. The van der Waals surface area contributed by atoms with Crippen LogP contribution in [0.2, 0.25) is 0 Å². The highest BCUT2D eigenvalue weighted by Crippen LogP contribution is 2.60. The molecule has 0 unspecified atom stereocenters. The van der Waals surface area contributed by atoms with Crippen molar-refractivity contribution in [3.05, 3.63) is 21.9 Å². The third kappa shape index (κ3) is 1.77. The van der Waals surface area contributed by atoms with Crippen LogP contribution < -0.4 is 5.32 Å². The van der Waals surface area contributed by atoms with Crippen LogP contribution in [0.5, 0.6) is 0 Å². The van der Waals surface area contributed by atoms with E-state index in [1.165, 1.54) is 30.6 Å². The summed E-state index contributed by atoms with van der Waals surface area (Å²) in [6.07, 6.45) is 7.71. The predicted octanol–water partition coefficient (Wildman–Crippen LogP) is 4.01. The van der Waals surface area contributed by atoms with E-state index < -0.39 is 0 Å². The summed E-state index contributed by atoms with van der Waals surface area (Å²) in [7, 11) is 2.04. The second kappa shape index (κ2) is 4.35. The molecule has 1 aromatic heterocycles. The van der Waals surface area contributed by atoms with Gasteiger partial charge >= 0.3 is 0 Å². The van der Waals surface area contributed by atoms with Gasteiger partial charge in [0.05, 0.1) is 0 Å². The Kier molecular flexibility index (Phi) is 2.77. The molecule has 0 atom stereocenters. The first-order valence-electron chi connectivity index (χ1n) is 7.55. The Hall–Kier alpha value is -0.340.